The number of carbonyl (C=O) groups is 2. The van der Waals surface area contributed by atoms with E-state index in [4.69, 9.17) is 4.74 Å². The van der Waals surface area contributed by atoms with Gasteiger partial charge in [0.2, 0.25) is 0 Å². The van der Waals surface area contributed by atoms with E-state index < -0.39 is 6.09 Å². The summed E-state index contributed by atoms with van der Waals surface area (Å²) < 4.78 is 6.82. The first-order valence-electron chi connectivity index (χ1n) is 11.0. The van der Waals surface area contributed by atoms with Crippen LogP contribution in [0.15, 0.2) is 30.5 Å². The van der Waals surface area contributed by atoms with Crippen molar-refractivity contribution >= 4 is 23.3 Å². The van der Waals surface area contributed by atoms with Gasteiger partial charge in [0.15, 0.2) is 6.29 Å². The van der Waals surface area contributed by atoms with Crippen LogP contribution in [0.5, 0.6) is 0 Å². The van der Waals surface area contributed by atoms with E-state index in [-0.39, 0.29) is 0 Å². The summed E-state index contributed by atoms with van der Waals surface area (Å²) in [5.41, 5.74) is 1.22. The molecular formula is C24H35NO3. The quantitative estimate of drug-likeness (QED) is 0.256. The van der Waals surface area contributed by atoms with Crippen LogP contribution in [0.4, 0.5) is 4.79 Å². The molecule has 154 valence electrons. The van der Waals surface area contributed by atoms with Crippen LogP contribution >= 0.6 is 0 Å². The summed E-state index contributed by atoms with van der Waals surface area (Å²) in [5.74, 6) is 0. The maximum Gasteiger partial charge on any atom is 0.418 e. The Bertz CT molecular complexity index is 720. The first kappa shape index (κ1) is 22.2. The molecule has 0 aliphatic carbocycles. The van der Waals surface area contributed by atoms with Crippen LogP contribution in [0, 0.1) is 0 Å². The Hall–Kier alpha value is -2.10. The number of aromatic nitrogens is 1. The highest BCUT2D eigenvalue weighted by Gasteiger charge is 2.13. The maximum absolute atomic E-state index is 12.3. The number of rotatable bonds is 14. The van der Waals surface area contributed by atoms with E-state index in [1.807, 2.05) is 24.3 Å². The summed E-state index contributed by atoms with van der Waals surface area (Å²) >= 11 is 0. The minimum absolute atomic E-state index is 0.410. The number of ether oxygens (including phenoxy) is 1. The first-order valence-corrected chi connectivity index (χ1v) is 11.0. The maximum atomic E-state index is 12.3. The van der Waals surface area contributed by atoms with Gasteiger partial charge in [0.1, 0.15) is 0 Å². The van der Waals surface area contributed by atoms with Crippen molar-refractivity contribution in [1.29, 1.82) is 0 Å². The van der Waals surface area contributed by atoms with Crippen molar-refractivity contribution in [2.45, 2.75) is 84.0 Å². The van der Waals surface area contributed by atoms with Crippen molar-refractivity contribution in [2.24, 2.45) is 0 Å². The van der Waals surface area contributed by atoms with Crippen molar-refractivity contribution in [3.8, 4) is 0 Å². The number of benzene rings is 1. The van der Waals surface area contributed by atoms with Crippen molar-refractivity contribution in [1.82, 2.24) is 4.57 Å². The Balaban J connectivity index is 1.55. The highest BCUT2D eigenvalue weighted by Crippen LogP contribution is 2.20. The van der Waals surface area contributed by atoms with E-state index in [1.54, 1.807) is 6.20 Å². The average molecular weight is 386 g/mol. The number of unbranched alkanes of at least 4 members (excludes halogenated alkanes) is 11. The Kier molecular flexibility index (Phi) is 10.4. The fourth-order valence-corrected chi connectivity index (χ4v) is 3.62. The lowest BCUT2D eigenvalue weighted by Crippen LogP contribution is -2.13. The topological polar surface area (TPSA) is 48.3 Å². The van der Waals surface area contributed by atoms with Crippen molar-refractivity contribution < 1.29 is 14.3 Å². The zero-order chi connectivity index (χ0) is 20.0. The van der Waals surface area contributed by atoms with Crippen LogP contribution in [0.1, 0.15) is 94.3 Å². The minimum atomic E-state index is -0.410. The molecule has 1 heterocycles. The third-order valence-electron chi connectivity index (χ3n) is 5.29. The van der Waals surface area contributed by atoms with Crippen LogP contribution in [0.3, 0.4) is 0 Å². The second-order valence-electron chi connectivity index (χ2n) is 7.59. The van der Waals surface area contributed by atoms with Crippen LogP contribution in [-0.4, -0.2) is 23.6 Å². The standard InChI is InChI=1S/C24H35NO3/c1-2-3-4-5-6-7-8-9-10-11-12-15-18-28-24(27)25-19-21(20-26)22-16-13-14-17-23(22)25/h13-14,16-17,19-20H,2-12,15,18H2,1H3. The van der Waals surface area contributed by atoms with Gasteiger partial charge in [-0.3, -0.25) is 9.36 Å². The molecule has 0 aliphatic heterocycles. The fraction of sp³-hybridized carbons (Fsp3) is 0.583. The normalized spacial score (nSPS) is 11.0. The van der Waals surface area contributed by atoms with Gasteiger partial charge in [-0.1, -0.05) is 95.8 Å². The van der Waals surface area contributed by atoms with Crippen LogP contribution in [0.2, 0.25) is 0 Å². The molecule has 0 spiro atoms. The molecule has 0 bridgehead atoms. The lowest BCUT2D eigenvalue weighted by molar-refractivity contribution is 0.112. The van der Waals surface area contributed by atoms with Crippen molar-refractivity contribution in [2.75, 3.05) is 6.61 Å². The second-order valence-corrected chi connectivity index (χ2v) is 7.59. The molecule has 2 aromatic rings. The van der Waals surface area contributed by atoms with Gasteiger partial charge >= 0.3 is 6.09 Å². The van der Waals surface area contributed by atoms with Gasteiger partial charge in [0.25, 0.3) is 0 Å². The number of aldehydes is 1. The first-order chi connectivity index (χ1) is 13.8. The average Bonchev–Trinajstić information content (AvgIpc) is 3.10. The van der Waals surface area contributed by atoms with E-state index >= 15 is 0 Å². The Morgan fingerprint density at radius 3 is 2.07 bits per heavy atom. The van der Waals surface area contributed by atoms with Crippen LogP contribution < -0.4 is 0 Å². The molecule has 1 aromatic carbocycles. The number of hydrogen-bond donors (Lipinski definition) is 0. The van der Waals surface area contributed by atoms with E-state index in [0.29, 0.717) is 17.7 Å². The van der Waals surface area contributed by atoms with Crippen molar-refractivity contribution in [3.05, 3.63) is 36.0 Å². The van der Waals surface area contributed by atoms with Crippen LogP contribution in [0.25, 0.3) is 10.9 Å². The SMILES string of the molecule is CCCCCCCCCCCCCCOC(=O)n1cc(C=O)c2ccccc21. The molecular weight excluding hydrogens is 350 g/mol. The number of nitrogens with zero attached hydrogens (tertiary/aromatic N) is 1. The van der Waals surface area contributed by atoms with Gasteiger partial charge < -0.3 is 4.74 Å². The van der Waals surface area contributed by atoms with E-state index in [9.17, 15) is 9.59 Å². The van der Waals surface area contributed by atoms with E-state index in [1.165, 1.54) is 68.8 Å². The molecule has 2 rings (SSSR count). The lowest BCUT2D eigenvalue weighted by atomic mass is 10.1. The third kappa shape index (κ3) is 7.14. The highest BCUT2D eigenvalue weighted by atomic mass is 16.5. The van der Waals surface area contributed by atoms with Gasteiger partial charge in [0.05, 0.1) is 12.1 Å². The predicted octanol–water partition coefficient (Wildman–Crippen LogP) is 7.14. The summed E-state index contributed by atoms with van der Waals surface area (Å²) in [6.07, 6.45) is 17.3. The molecule has 0 N–H and O–H groups in total. The Morgan fingerprint density at radius 1 is 0.893 bits per heavy atom. The Morgan fingerprint density at radius 2 is 1.46 bits per heavy atom. The van der Waals surface area contributed by atoms with E-state index in [2.05, 4.69) is 6.92 Å². The van der Waals surface area contributed by atoms with Crippen LogP contribution in [-0.2, 0) is 4.74 Å². The lowest BCUT2D eigenvalue weighted by Gasteiger charge is -2.06. The van der Waals surface area contributed by atoms with Gasteiger partial charge in [-0.15, -0.1) is 0 Å². The molecule has 0 saturated heterocycles. The van der Waals surface area contributed by atoms with Gasteiger partial charge in [-0.2, -0.15) is 0 Å². The summed E-state index contributed by atoms with van der Waals surface area (Å²) in [5, 5.41) is 0.778. The molecule has 1 aromatic heterocycles. The number of fused-ring (bicyclic) bond motifs is 1. The van der Waals surface area contributed by atoms with Crippen molar-refractivity contribution in [3.63, 3.8) is 0 Å². The van der Waals surface area contributed by atoms with Gasteiger partial charge in [0, 0.05) is 17.1 Å². The van der Waals surface area contributed by atoms with Gasteiger partial charge in [-0.05, 0) is 12.5 Å². The summed E-state index contributed by atoms with van der Waals surface area (Å²) in [4.78, 5) is 23.5. The third-order valence-corrected chi connectivity index (χ3v) is 5.29. The highest BCUT2D eigenvalue weighted by molar-refractivity contribution is 6.01. The monoisotopic (exact) mass is 385 g/mol. The molecule has 4 nitrogen and oxygen atoms in total. The van der Waals surface area contributed by atoms with E-state index in [0.717, 1.165) is 24.5 Å². The molecule has 0 fully saturated rings. The number of carbonyl (C=O) groups excluding carboxylic acids is 2. The zero-order valence-electron chi connectivity index (χ0n) is 17.3. The van der Waals surface area contributed by atoms with Gasteiger partial charge in [-0.25, -0.2) is 4.79 Å². The second kappa shape index (κ2) is 13.1. The molecule has 28 heavy (non-hydrogen) atoms. The molecule has 0 aliphatic rings. The molecule has 0 unspecified atom stereocenters. The minimum Gasteiger partial charge on any atom is -0.449 e. The number of hydrogen-bond acceptors (Lipinski definition) is 3. The fourth-order valence-electron chi connectivity index (χ4n) is 3.62. The largest absolute Gasteiger partial charge is 0.449 e. The molecule has 0 amide bonds. The summed E-state index contributed by atoms with van der Waals surface area (Å²) in [6.45, 7) is 2.69. The Labute approximate surface area is 169 Å². The molecule has 0 radical (unpaired) electrons. The summed E-state index contributed by atoms with van der Waals surface area (Å²) in [6, 6.07) is 7.38. The zero-order valence-corrected chi connectivity index (χ0v) is 17.3. The smallest absolute Gasteiger partial charge is 0.418 e. The molecule has 0 saturated carbocycles. The predicted molar refractivity (Wildman–Crippen MR) is 115 cm³/mol. The number of para-hydroxylation sites is 1. The molecule has 0 atom stereocenters. The molecule has 4 heteroatoms. The summed E-state index contributed by atoms with van der Waals surface area (Å²) in [7, 11) is 0.